The van der Waals surface area contributed by atoms with Crippen LogP contribution in [0.15, 0.2) is 54.7 Å². The summed E-state index contributed by atoms with van der Waals surface area (Å²) in [4.78, 5) is 27.8. The number of aromatic nitrogens is 1. The fourth-order valence-corrected chi connectivity index (χ4v) is 5.77. The fourth-order valence-electron chi connectivity index (χ4n) is 4.57. The van der Waals surface area contributed by atoms with Crippen LogP contribution in [0.4, 0.5) is 0 Å². The number of carbonyl (C=O) groups is 2. The van der Waals surface area contributed by atoms with Gasteiger partial charge < -0.3 is 10.1 Å². The lowest BCUT2D eigenvalue weighted by Gasteiger charge is -2.33. The Morgan fingerprint density at radius 1 is 1.12 bits per heavy atom. The van der Waals surface area contributed by atoms with E-state index >= 15 is 0 Å². The maximum Gasteiger partial charge on any atom is 0.261 e. The summed E-state index contributed by atoms with van der Waals surface area (Å²) in [5.41, 5.74) is 3.03. The van der Waals surface area contributed by atoms with Crippen LogP contribution in [0, 0.1) is 0 Å². The molecule has 6 nitrogen and oxygen atoms in total. The Balaban J connectivity index is 1.47. The van der Waals surface area contributed by atoms with E-state index in [1.807, 2.05) is 42.6 Å². The van der Waals surface area contributed by atoms with Crippen LogP contribution in [-0.4, -0.2) is 48.0 Å². The van der Waals surface area contributed by atoms with Gasteiger partial charge in [0.05, 0.1) is 23.1 Å². The van der Waals surface area contributed by atoms with E-state index in [0.717, 1.165) is 45.2 Å². The third-order valence-electron chi connectivity index (χ3n) is 6.07. The summed E-state index contributed by atoms with van der Waals surface area (Å²) in [6.45, 7) is 4.38. The van der Waals surface area contributed by atoms with Gasteiger partial charge in [-0.05, 0) is 23.1 Å². The highest BCUT2D eigenvalue weighted by Crippen LogP contribution is 2.38. The molecule has 3 heterocycles. The van der Waals surface area contributed by atoms with E-state index in [0.29, 0.717) is 18.0 Å². The predicted molar refractivity (Wildman–Crippen MR) is 127 cm³/mol. The molecule has 0 aliphatic carbocycles. The highest BCUT2D eigenvalue weighted by molar-refractivity contribution is 7.21. The van der Waals surface area contributed by atoms with Crippen LogP contribution in [0.25, 0.3) is 21.0 Å². The molecule has 32 heavy (non-hydrogen) atoms. The van der Waals surface area contributed by atoms with Gasteiger partial charge in [-0.2, -0.15) is 0 Å². The molecule has 1 N–H and O–H groups in total. The van der Waals surface area contributed by atoms with Crippen LogP contribution in [0.1, 0.15) is 38.6 Å². The number of thiophene rings is 1. The van der Waals surface area contributed by atoms with E-state index in [2.05, 4.69) is 22.3 Å². The fraction of sp³-hybridized carbons (Fsp3) is 0.280. The number of hydrogen-bond donors (Lipinski definition) is 1. The van der Waals surface area contributed by atoms with E-state index in [4.69, 9.17) is 4.74 Å². The Labute approximate surface area is 190 Å². The molecule has 0 saturated carbocycles. The Hall–Kier alpha value is -3.00. The standard InChI is InChI=1S/C25H25N3O3S/c1-16(29)28-14-17(18-7-3-5-9-20(18)28)13-27-11-12-31-21(15-27)23-19-8-4-6-10-22(19)32-24(23)25(30)26-2/h3-10,14,21H,11-13,15H2,1-2H3,(H,26,30)/t21-/m0/s1. The normalized spacial score (nSPS) is 17.1. The van der Waals surface area contributed by atoms with Crippen LogP contribution >= 0.6 is 11.3 Å². The number of carbonyl (C=O) groups excluding carboxylic acids is 2. The lowest BCUT2D eigenvalue weighted by molar-refractivity contribution is -0.0322. The van der Waals surface area contributed by atoms with Crippen molar-refractivity contribution in [3.8, 4) is 0 Å². The van der Waals surface area contributed by atoms with Crippen LogP contribution in [-0.2, 0) is 11.3 Å². The Kier molecular flexibility index (Phi) is 5.55. The first-order valence-corrected chi connectivity index (χ1v) is 11.6. The highest BCUT2D eigenvalue weighted by Gasteiger charge is 2.30. The molecule has 1 amide bonds. The zero-order chi connectivity index (χ0) is 22.2. The molecule has 1 aliphatic rings. The van der Waals surface area contributed by atoms with E-state index in [1.165, 1.54) is 11.3 Å². The highest BCUT2D eigenvalue weighted by atomic mass is 32.1. The van der Waals surface area contributed by atoms with Crippen LogP contribution in [0.3, 0.4) is 0 Å². The number of amides is 1. The maximum atomic E-state index is 12.6. The number of para-hydroxylation sites is 1. The van der Waals surface area contributed by atoms with Gasteiger partial charge in [-0.15, -0.1) is 11.3 Å². The van der Waals surface area contributed by atoms with Crippen LogP contribution < -0.4 is 5.32 Å². The number of hydrogen-bond acceptors (Lipinski definition) is 5. The molecule has 0 spiro atoms. The quantitative estimate of drug-likeness (QED) is 0.502. The molecule has 5 rings (SSSR count). The maximum absolute atomic E-state index is 12.6. The first-order valence-electron chi connectivity index (χ1n) is 10.7. The Morgan fingerprint density at radius 3 is 2.66 bits per heavy atom. The number of nitrogens with zero attached hydrogens (tertiary/aromatic N) is 2. The zero-order valence-electron chi connectivity index (χ0n) is 18.1. The lowest BCUT2D eigenvalue weighted by Crippen LogP contribution is -2.38. The molecular formula is C25H25N3O3S. The van der Waals surface area contributed by atoms with E-state index < -0.39 is 0 Å². The van der Waals surface area contributed by atoms with Crippen molar-refractivity contribution in [2.75, 3.05) is 26.7 Å². The summed E-state index contributed by atoms with van der Waals surface area (Å²) in [6.07, 6.45) is 1.77. The van der Waals surface area contributed by atoms with Gasteiger partial charge in [0, 0.05) is 55.5 Å². The van der Waals surface area contributed by atoms with Gasteiger partial charge in [0.1, 0.15) is 0 Å². The topological polar surface area (TPSA) is 63.6 Å². The average Bonchev–Trinajstić information content (AvgIpc) is 3.38. The van der Waals surface area contributed by atoms with Gasteiger partial charge in [-0.25, -0.2) is 0 Å². The van der Waals surface area contributed by atoms with Gasteiger partial charge in [-0.3, -0.25) is 19.1 Å². The molecule has 1 atom stereocenters. The van der Waals surface area contributed by atoms with Crippen molar-refractivity contribution in [1.29, 1.82) is 0 Å². The van der Waals surface area contributed by atoms with Crippen molar-refractivity contribution in [3.63, 3.8) is 0 Å². The molecule has 2 aromatic heterocycles. The molecule has 1 fully saturated rings. The summed E-state index contributed by atoms with van der Waals surface area (Å²) in [5, 5.41) is 4.95. The van der Waals surface area contributed by atoms with Gasteiger partial charge >= 0.3 is 0 Å². The van der Waals surface area contributed by atoms with Gasteiger partial charge in [0.25, 0.3) is 5.91 Å². The summed E-state index contributed by atoms with van der Waals surface area (Å²) >= 11 is 1.51. The van der Waals surface area contributed by atoms with Crippen molar-refractivity contribution >= 4 is 44.1 Å². The first-order chi connectivity index (χ1) is 15.6. The first kappa shape index (κ1) is 20.9. The Morgan fingerprint density at radius 2 is 1.88 bits per heavy atom. The second-order valence-corrected chi connectivity index (χ2v) is 9.13. The second kappa shape index (κ2) is 8.50. The number of ether oxygens (including phenoxy) is 1. The molecule has 0 bridgehead atoms. The van der Waals surface area contributed by atoms with Crippen LogP contribution in [0.5, 0.6) is 0 Å². The SMILES string of the molecule is CNC(=O)c1sc2ccccc2c1[C@@H]1CN(Cc2cn(C(C)=O)c3ccccc23)CCO1. The molecule has 164 valence electrons. The van der Waals surface area contributed by atoms with Crippen molar-refractivity contribution in [1.82, 2.24) is 14.8 Å². The number of rotatable bonds is 4. The second-order valence-electron chi connectivity index (χ2n) is 8.08. The minimum atomic E-state index is -0.187. The molecule has 7 heteroatoms. The van der Waals surface area contributed by atoms with Crippen molar-refractivity contribution in [2.45, 2.75) is 19.6 Å². The summed E-state index contributed by atoms with van der Waals surface area (Å²) in [7, 11) is 1.66. The molecule has 1 saturated heterocycles. The number of nitrogens with one attached hydrogen (secondary N) is 1. The molecule has 2 aromatic carbocycles. The minimum Gasteiger partial charge on any atom is -0.371 e. The summed E-state index contributed by atoms with van der Waals surface area (Å²) in [5.74, 6) is -0.0706. The van der Waals surface area contributed by atoms with E-state index in [9.17, 15) is 9.59 Å². The molecular weight excluding hydrogens is 422 g/mol. The Bertz CT molecular complexity index is 1320. The van der Waals surface area contributed by atoms with Gasteiger partial charge in [0.2, 0.25) is 5.91 Å². The smallest absolute Gasteiger partial charge is 0.261 e. The van der Waals surface area contributed by atoms with Gasteiger partial charge in [0.15, 0.2) is 0 Å². The lowest BCUT2D eigenvalue weighted by atomic mass is 10.0. The molecule has 1 aliphatic heterocycles. The third kappa shape index (κ3) is 3.62. The van der Waals surface area contributed by atoms with Crippen molar-refractivity contribution in [3.05, 3.63) is 70.7 Å². The van der Waals surface area contributed by atoms with Crippen molar-refractivity contribution < 1.29 is 14.3 Å². The number of fused-ring (bicyclic) bond motifs is 2. The van der Waals surface area contributed by atoms with Crippen LogP contribution in [0.2, 0.25) is 0 Å². The average molecular weight is 448 g/mol. The molecule has 4 aromatic rings. The zero-order valence-corrected chi connectivity index (χ0v) is 18.9. The van der Waals surface area contributed by atoms with Gasteiger partial charge in [-0.1, -0.05) is 36.4 Å². The number of benzene rings is 2. The minimum absolute atomic E-state index is 0.00673. The monoisotopic (exact) mass is 447 g/mol. The third-order valence-corrected chi connectivity index (χ3v) is 7.25. The summed E-state index contributed by atoms with van der Waals surface area (Å²) in [6, 6.07) is 16.1. The van der Waals surface area contributed by atoms with E-state index in [-0.39, 0.29) is 17.9 Å². The molecule has 0 radical (unpaired) electrons. The largest absolute Gasteiger partial charge is 0.371 e. The predicted octanol–water partition coefficient (Wildman–Crippen LogP) is 4.45. The number of morpholine rings is 1. The van der Waals surface area contributed by atoms with Crippen molar-refractivity contribution in [2.24, 2.45) is 0 Å². The van der Waals surface area contributed by atoms with E-state index in [1.54, 1.807) is 18.5 Å². The summed E-state index contributed by atoms with van der Waals surface area (Å²) < 4.78 is 9.00. The molecule has 0 unspecified atom stereocenters.